The third-order valence-corrected chi connectivity index (χ3v) is 7.24. The van der Waals surface area contributed by atoms with Gasteiger partial charge in [0.05, 0.1) is 26.0 Å². The van der Waals surface area contributed by atoms with Gasteiger partial charge in [0.15, 0.2) is 0 Å². The van der Waals surface area contributed by atoms with Crippen LogP contribution in [-0.4, -0.2) is 77.3 Å². The Labute approximate surface area is 171 Å². The van der Waals surface area contributed by atoms with Crippen molar-refractivity contribution in [3.63, 3.8) is 0 Å². The highest BCUT2D eigenvalue weighted by Crippen LogP contribution is 2.29. The van der Waals surface area contributed by atoms with Crippen molar-refractivity contribution in [3.05, 3.63) is 42.6 Å². The lowest BCUT2D eigenvalue weighted by Crippen LogP contribution is -2.47. The quantitative estimate of drug-likeness (QED) is 0.727. The van der Waals surface area contributed by atoms with Gasteiger partial charge in [0.2, 0.25) is 10.0 Å². The molecule has 29 heavy (non-hydrogen) atoms. The van der Waals surface area contributed by atoms with E-state index in [9.17, 15) is 8.42 Å². The maximum atomic E-state index is 12.7. The van der Waals surface area contributed by atoms with Crippen LogP contribution in [0.1, 0.15) is 0 Å². The lowest BCUT2D eigenvalue weighted by atomic mass is 10.2. The number of sulfonamides is 1. The van der Waals surface area contributed by atoms with Crippen LogP contribution in [0.2, 0.25) is 0 Å². The Morgan fingerprint density at radius 1 is 0.931 bits per heavy atom. The zero-order valence-electron chi connectivity index (χ0n) is 16.5. The summed E-state index contributed by atoms with van der Waals surface area (Å²) in [6.07, 6.45) is 1.47. The molecule has 0 atom stereocenters. The minimum absolute atomic E-state index is 0.232. The van der Waals surface area contributed by atoms with Crippen molar-refractivity contribution in [1.82, 2.24) is 9.29 Å². The molecule has 4 rings (SSSR count). The van der Waals surface area contributed by atoms with E-state index in [1.165, 1.54) is 10.5 Å². The van der Waals surface area contributed by atoms with E-state index in [2.05, 4.69) is 20.9 Å². The second kappa shape index (κ2) is 8.56. The summed E-state index contributed by atoms with van der Waals surface area (Å²) in [6.45, 7) is 4.93. The van der Waals surface area contributed by atoms with Crippen molar-refractivity contribution in [3.8, 4) is 5.75 Å². The summed E-state index contributed by atoms with van der Waals surface area (Å²) in [4.78, 5) is 9.15. The number of hydrogen-bond acceptors (Lipinski definition) is 7. The molecule has 8 nitrogen and oxygen atoms in total. The molecule has 3 heterocycles. The number of aromatic nitrogens is 1. The van der Waals surface area contributed by atoms with Crippen LogP contribution in [-0.2, 0) is 14.8 Å². The molecule has 1 aromatic heterocycles. The van der Waals surface area contributed by atoms with Crippen molar-refractivity contribution in [1.29, 1.82) is 0 Å². The number of benzene rings is 1. The number of anilines is 2. The van der Waals surface area contributed by atoms with Gasteiger partial charge in [-0.2, -0.15) is 4.31 Å². The molecular formula is C20H26N4O4S. The van der Waals surface area contributed by atoms with E-state index >= 15 is 0 Å². The van der Waals surface area contributed by atoms with Gasteiger partial charge in [-0.3, -0.25) is 0 Å². The predicted molar refractivity (Wildman–Crippen MR) is 111 cm³/mol. The topological polar surface area (TPSA) is 75.2 Å². The number of hydrogen-bond donors (Lipinski definition) is 0. The number of para-hydroxylation sites is 2. The highest BCUT2D eigenvalue weighted by atomic mass is 32.2. The first kappa shape index (κ1) is 19.9. The van der Waals surface area contributed by atoms with Crippen LogP contribution in [0.15, 0.2) is 47.5 Å². The second-order valence-corrected chi connectivity index (χ2v) is 8.95. The van der Waals surface area contributed by atoms with Crippen molar-refractivity contribution < 1.29 is 17.9 Å². The summed E-state index contributed by atoms with van der Waals surface area (Å²) in [7, 11) is -1.83. The summed E-state index contributed by atoms with van der Waals surface area (Å²) in [5.41, 5.74) is 1.09. The molecule has 2 fully saturated rings. The van der Waals surface area contributed by atoms with Crippen LogP contribution in [0.3, 0.4) is 0 Å². The van der Waals surface area contributed by atoms with Gasteiger partial charge in [-0.15, -0.1) is 0 Å². The van der Waals surface area contributed by atoms with E-state index in [4.69, 9.17) is 9.47 Å². The molecule has 2 aromatic rings. The Balaban J connectivity index is 1.42. The Morgan fingerprint density at radius 3 is 2.28 bits per heavy atom. The zero-order valence-corrected chi connectivity index (χ0v) is 17.3. The summed E-state index contributed by atoms with van der Waals surface area (Å²) >= 11 is 0. The molecule has 0 N–H and O–H groups in total. The molecule has 0 bridgehead atoms. The van der Waals surface area contributed by atoms with Gasteiger partial charge in [-0.25, -0.2) is 13.4 Å². The molecule has 0 aliphatic carbocycles. The van der Waals surface area contributed by atoms with Gasteiger partial charge in [0.1, 0.15) is 16.5 Å². The molecule has 0 saturated carbocycles. The van der Waals surface area contributed by atoms with Crippen molar-refractivity contribution in [2.45, 2.75) is 4.90 Å². The lowest BCUT2D eigenvalue weighted by Gasteiger charge is -2.37. The Morgan fingerprint density at radius 2 is 1.62 bits per heavy atom. The Kier molecular flexibility index (Phi) is 5.89. The van der Waals surface area contributed by atoms with Gasteiger partial charge in [0, 0.05) is 45.5 Å². The van der Waals surface area contributed by atoms with E-state index in [-0.39, 0.29) is 4.90 Å². The van der Waals surface area contributed by atoms with Crippen LogP contribution >= 0.6 is 0 Å². The maximum absolute atomic E-state index is 12.7. The average molecular weight is 419 g/mol. The maximum Gasteiger partial charge on any atom is 0.244 e. The Bertz CT molecular complexity index is 922. The minimum atomic E-state index is -3.51. The molecule has 0 amide bonds. The smallest absolute Gasteiger partial charge is 0.244 e. The second-order valence-electron chi connectivity index (χ2n) is 7.01. The normalized spacial score (nSPS) is 18.7. The van der Waals surface area contributed by atoms with Crippen LogP contribution in [0, 0.1) is 0 Å². The number of morpholine rings is 1. The molecule has 2 saturated heterocycles. The first-order chi connectivity index (χ1) is 14.1. The number of nitrogens with zero attached hydrogens (tertiary/aromatic N) is 4. The van der Waals surface area contributed by atoms with Crippen molar-refractivity contribution in [2.75, 3.05) is 69.4 Å². The zero-order chi connectivity index (χ0) is 20.3. The molecule has 2 aliphatic rings. The van der Waals surface area contributed by atoms with E-state index in [1.807, 2.05) is 18.2 Å². The van der Waals surface area contributed by atoms with Crippen molar-refractivity contribution >= 4 is 21.5 Å². The van der Waals surface area contributed by atoms with Gasteiger partial charge >= 0.3 is 0 Å². The SMILES string of the molecule is COc1ccccc1N1CCN(c2ccc(S(=O)(=O)N3CCOCC3)cn2)CC1. The van der Waals surface area contributed by atoms with E-state index < -0.39 is 10.0 Å². The molecule has 0 spiro atoms. The van der Waals surface area contributed by atoms with Gasteiger partial charge in [-0.1, -0.05) is 12.1 Å². The standard InChI is InChI=1S/C20H26N4O4S/c1-27-19-5-3-2-4-18(19)22-8-10-23(11-9-22)20-7-6-17(16-21-20)29(25,26)24-12-14-28-15-13-24/h2-7,16H,8-15H2,1H3. The predicted octanol–water partition coefficient (Wildman–Crippen LogP) is 1.44. The highest BCUT2D eigenvalue weighted by molar-refractivity contribution is 7.89. The largest absolute Gasteiger partial charge is 0.495 e. The summed E-state index contributed by atoms with van der Waals surface area (Å²) in [6, 6.07) is 11.5. The van der Waals surface area contributed by atoms with Crippen LogP contribution in [0.4, 0.5) is 11.5 Å². The number of pyridine rings is 1. The fraction of sp³-hybridized carbons (Fsp3) is 0.450. The number of methoxy groups -OCH3 is 1. The first-order valence-electron chi connectivity index (χ1n) is 9.76. The fourth-order valence-corrected chi connectivity index (χ4v) is 5.07. The molecule has 0 radical (unpaired) electrons. The molecule has 0 unspecified atom stereocenters. The van der Waals surface area contributed by atoms with Crippen LogP contribution in [0.5, 0.6) is 5.75 Å². The lowest BCUT2D eigenvalue weighted by molar-refractivity contribution is 0.0730. The minimum Gasteiger partial charge on any atom is -0.495 e. The summed E-state index contributed by atoms with van der Waals surface area (Å²) in [5, 5.41) is 0. The van der Waals surface area contributed by atoms with E-state index in [0.717, 1.165) is 43.4 Å². The van der Waals surface area contributed by atoms with Gasteiger partial charge in [-0.05, 0) is 24.3 Å². The molecular weight excluding hydrogens is 392 g/mol. The molecule has 1 aromatic carbocycles. The number of rotatable bonds is 5. The fourth-order valence-electron chi connectivity index (χ4n) is 3.72. The third-order valence-electron chi connectivity index (χ3n) is 5.36. The summed E-state index contributed by atoms with van der Waals surface area (Å²) in [5.74, 6) is 1.67. The average Bonchev–Trinajstić information content (AvgIpc) is 2.80. The third kappa shape index (κ3) is 4.17. The highest BCUT2D eigenvalue weighted by Gasteiger charge is 2.27. The van der Waals surface area contributed by atoms with E-state index in [0.29, 0.717) is 26.3 Å². The van der Waals surface area contributed by atoms with Gasteiger partial charge < -0.3 is 19.3 Å². The van der Waals surface area contributed by atoms with Crippen LogP contribution < -0.4 is 14.5 Å². The molecule has 9 heteroatoms. The number of ether oxygens (including phenoxy) is 2. The summed E-state index contributed by atoms with van der Waals surface area (Å²) < 4.78 is 37.6. The number of piperazine rings is 1. The molecule has 2 aliphatic heterocycles. The van der Waals surface area contributed by atoms with E-state index in [1.54, 1.807) is 19.2 Å². The van der Waals surface area contributed by atoms with Gasteiger partial charge in [0.25, 0.3) is 0 Å². The van der Waals surface area contributed by atoms with Crippen molar-refractivity contribution in [2.24, 2.45) is 0 Å². The monoisotopic (exact) mass is 418 g/mol. The molecule has 156 valence electrons. The Hall–Kier alpha value is -2.36. The van der Waals surface area contributed by atoms with Crippen LogP contribution in [0.25, 0.3) is 0 Å². The first-order valence-corrected chi connectivity index (χ1v) is 11.2.